The number of amides is 1. The predicted molar refractivity (Wildman–Crippen MR) is 85.8 cm³/mol. The number of hydrogen-bond acceptors (Lipinski definition) is 5. The molecular formula is C17H22N2O5. The van der Waals surface area contributed by atoms with Gasteiger partial charge in [-0.05, 0) is 11.6 Å². The number of carboxylic acids is 1. The molecule has 1 aromatic rings. The van der Waals surface area contributed by atoms with E-state index in [2.05, 4.69) is 4.90 Å². The second-order valence-electron chi connectivity index (χ2n) is 6.15. The minimum absolute atomic E-state index is 0.00149. The lowest BCUT2D eigenvalue weighted by atomic mass is 10.1. The molecule has 0 radical (unpaired) electrons. The van der Waals surface area contributed by atoms with Gasteiger partial charge in [0.05, 0.1) is 24.3 Å². The normalized spacial score (nSPS) is 24.2. The summed E-state index contributed by atoms with van der Waals surface area (Å²) in [6.07, 6.45) is -0.0310. The first kappa shape index (κ1) is 16.9. The summed E-state index contributed by atoms with van der Waals surface area (Å²) in [5, 5.41) is 9.31. The number of fused-ring (bicyclic) bond motifs is 1. The van der Waals surface area contributed by atoms with E-state index in [-0.39, 0.29) is 24.7 Å². The van der Waals surface area contributed by atoms with Crippen LogP contribution < -0.4 is 0 Å². The number of methoxy groups -OCH3 is 1. The van der Waals surface area contributed by atoms with Crippen LogP contribution in [0.5, 0.6) is 0 Å². The summed E-state index contributed by atoms with van der Waals surface area (Å²) < 4.78 is 10.8. The lowest BCUT2D eigenvalue weighted by molar-refractivity contribution is -0.153. The third-order valence-electron chi connectivity index (χ3n) is 4.63. The minimum Gasteiger partial charge on any atom is -0.478 e. The quantitative estimate of drug-likeness (QED) is 0.813. The molecule has 0 bridgehead atoms. The van der Waals surface area contributed by atoms with E-state index in [1.54, 1.807) is 19.2 Å². The van der Waals surface area contributed by atoms with Crippen LogP contribution in [0, 0.1) is 0 Å². The first-order valence-corrected chi connectivity index (χ1v) is 8.03. The molecule has 1 amide bonds. The first-order chi connectivity index (χ1) is 11.6. The smallest absolute Gasteiger partial charge is 0.336 e. The number of carbonyl (C=O) groups excluding carboxylic acids is 1. The molecule has 2 fully saturated rings. The molecule has 0 aliphatic carbocycles. The molecule has 1 N–H and O–H groups in total. The van der Waals surface area contributed by atoms with Gasteiger partial charge in [-0.1, -0.05) is 18.2 Å². The van der Waals surface area contributed by atoms with E-state index in [1.165, 1.54) is 0 Å². The Morgan fingerprint density at radius 2 is 2.17 bits per heavy atom. The molecule has 2 aliphatic rings. The van der Waals surface area contributed by atoms with E-state index in [0.29, 0.717) is 38.3 Å². The number of benzene rings is 1. The van der Waals surface area contributed by atoms with Gasteiger partial charge in [0, 0.05) is 33.3 Å². The fourth-order valence-electron chi connectivity index (χ4n) is 3.46. The van der Waals surface area contributed by atoms with Crippen LogP contribution in [0.15, 0.2) is 24.3 Å². The third kappa shape index (κ3) is 3.43. The number of aromatic carboxylic acids is 1. The summed E-state index contributed by atoms with van der Waals surface area (Å²) in [5.41, 5.74) is 1.10. The van der Waals surface area contributed by atoms with Crippen molar-refractivity contribution in [3.8, 4) is 0 Å². The highest BCUT2D eigenvalue weighted by Crippen LogP contribution is 2.25. The summed E-state index contributed by atoms with van der Waals surface area (Å²) in [5.74, 6) is -0.934. The maximum absolute atomic E-state index is 12.1. The monoisotopic (exact) mass is 334 g/mol. The van der Waals surface area contributed by atoms with Gasteiger partial charge in [0.1, 0.15) is 6.61 Å². The Labute approximate surface area is 140 Å². The van der Waals surface area contributed by atoms with Gasteiger partial charge < -0.3 is 19.5 Å². The Morgan fingerprint density at radius 3 is 2.92 bits per heavy atom. The maximum atomic E-state index is 12.1. The molecule has 2 saturated heterocycles. The molecule has 1 aromatic carbocycles. The average molecular weight is 334 g/mol. The van der Waals surface area contributed by atoms with E-state index in [1.807, 2.05) is 17.0 Å². The zero-order valence-electron chi connectivity index (χ0n) is 13.7. The predicted octanol–water partition coefficient (Wildman–Crippen LogP) is 0.443. The molecule has 0 unspecified atom stereocenters. The van der Waals surface area contributed by atoms with E-state index in [9.17, 15) is 14.7 Å². The van der Waals surface area contributed by atoms with Gasteiger partial charge >= 0.3 is 5.97 Å². The Morgan fingerprint density at radius 1 is 1.38 bits per heavy atom. The van der Waals surface area contributed by atoms with Gasteiger partial charge in [-0.25, -0.2) is 4.79 Å². The van der Waals surface area contributed by atoms with E-state index < -0.39 is 5.97 Å². The van der Waals surface area contributed by atoms with Crippen molar-refractivity contribution in [3.05, 3.63) is 35.4 Å². The Balaban J connectivity index is 1.70. The summed E-state index contributed by atoms with van der Waals surface area (Å²) >= 11 is 0. The van der Waals surface area contributed by atoms with Gasteiger partial charge in [-0.2, -0.15) is 0 Å². The summed E-state index contributed by atoms with van der Waals surface area (Å²) in [6.45, 7) is 3.05. The van der Waals surface area contributed by atoms with Crippen molar-refractivity contribution in [2.75, 3.05) is 40.0 Å². The number of hydrogen-bond donors (Lipinski definition) is 1. The number of nitrogens with zero attached hydrogens (tertiary/aromatic N) is 2. The SMILES string of the molecule is COCCN1C(=O)CO[C@H]2CN(Cc3ccccc3C(=O)O)C[C@@H]21. The van der Waals surface area contributed by atoms with Crippen LogP contribution >= 0.6 is 0 Å². The minimum atomic E-state index is -0.921. The fraction of sp³-hybridized carbons (Fsp3) is 0.529. The van der Waals surface area contributed by atoms with Crippen LogP contribution in [0.1, 0.15) is 15.9 Å². The standard InChI is InChI=1S/C17H22N2O5/c1-23-7-6-19-14-9-18(10-15(14)24-11-16(19)20)8-12-4-2-3-5-13(12)17(21)22/h2-5,14-15H,6-11H2,1H3,(H,21,22)/t14-,15-/m0/s1. The van der Waals surface area contributed by atoms with Gasteiger partial charge in [0.25, 0.3) is 0 Å². The number of carboxylic acid groups (broad SMARTS) is 1. The van der Waals surface area contributed by atoms with Crippen molar-refractivity contribution >= 4 is 11.9 Å². The lowest BCUT2D eigenvalue weighted by Gasteiger charge is -2.36. The molecule has 2 aliphatic heterocycles. The molecule has 0 spiro atoms. The summed E-state index contributed by atoms with van der Waals surface area (Å²) in [4.78, 5) is 27.4. The molecule has 3 rings (SSSR count). The third-order valence-corrected chi connectivity index (χ3v) is 4.63. The molecular weight excluding hydrogens is 312 g/mol. The van der Waals surface area contributed by atoms with Gasteiger partial charge in [0.2, 0.25) is 5.91 Å². The molecule has 7 heteroatoms. The number of ether oxygens (including phenoxy) is 2. The average Bonchev–Trinajstić information content (AvgIpc) is 2.97. The lowest BCUT2D eigenvalue weighted by Crippen LogP contribution is -2.54. The van der Waals surface area contributed by atoms with Crippen LogP contribution in [-0.2, 0) is 20.8 Å². The maximum Gasteiger partial charge on any atom is 0.336 e. The molecule has 0 aromatic heterocycles. The second kappa shape index (κ2) is 7.29. The zero-order valence-corrected chi connectivity index (χ0v) is 13.7. The van der Waals surface area contributed by atoms with Crippen molar-refractivity contribution in [3.63, 3.8) is 0 Å². The molecule has 0 saturated carbocycles. The molecule has 130 valence electrons. The van der Waals surface area contributed by atoms with Crippen LogP contribution in [0.3, 0.4) is 0 Å². The first-order valence-electron chi connectivity index (χ1n) is 8.03. The Kier molecular flexibility index (Phi) is 5.13. The van der Waals surface area contributed by atoms with Crippen molar-refractivity contribution < 1.29 is 24.2 Å². The topological polar surface area (TPSA) is 79.3 Å². The van der Waals surface area contributed by atoms with Crippen LogP contribution in [0.4, 0.5) is 0 Å². The summed E-state index contributed by atoms with van der Waals surface area (Å²) in [7, 11) is 1.62. The van der Waals surface area contributed by atoms with Crippen LogP contribution in [0.2, 0.25) is 0 Å². The number of morpholine rings is 1. The van der Waals surface area contributed by atoms with E-state index in [4.69, 9.17) is 9.47 Å². The Hall–Kier alpha value is -1.96. The molecule has 7 nitrogen and oxygen atoms in total. The van der Waals surface area contributed by atoms with Crippen molar-refractivity contribution in [2.45, 2.75) is 18.7 Å². The molecule has 2 atom stereocenters. The van der Waals surface area contributed by atoms with E-state index >= 15 is 0 Å². The van der Waals surface area contributed by atoms with E-state index in [0.717, 1.165) is 5.56 Å². The highest BCUT2D eigenvalue weighted by atomic mass is 16.5. The van der Waals surface area contributed by atoms with Crippen molar-refractivity contribution in [2.24, 2.45) is 0 Å². The summed E-state index contributed by atoms with van der Waals surface area (Å²) in [6, 6.07) is 7.02. The number of rotatable bonds is 6. The fourth-order valence-corrected chi connectivity index (χ4v) is 3.46. The van der Waals surface area contributed by atoms with Crippen LogP contribution in [-0.4, -0.2) is 78.9 Å². The largest absolute Gasteiger partial charge is 0.478 e. The number of likely N-dealkylation sites (tertiary alicyclic amines) is 1. The van der Waals surface area contributed by atoms with Crippen molar-refractivity contribution in [1.82, 2.24) is 9.80 Å². The molecule has 2 heterocycles. The van der Waals surface area contributed by atoms with Crippen molar-refractivity contribution in [1.29, 1.82) is 0 Å². The highest BCUT2D eigenvalue weighted by Gasteiger charge is 2.42. The van der Waals surface area contributed by atoms with Gasteiger partial charge in [0.15, 0.2) is 0 Å². The van der Waals surface area contributed by atoms with Gasteiger partial charge in [-0.3, -0.25) is 9.69 Å². The molecule has 24 heavy (non-hydrogen) atoms. The highest BCUT2D eigenvalue weighted by molar-refractivity contribution is 5.89. The van der Waals surface area contributed by atoms with Crippen LogP contribution in [0.25, 0.3) is 0 Å². The number of carbonyl (C=O) groups is 2. The Bertz CT molecular complexity index is 621. The second-order valence-corrected chi connectivity index (χ2v) is 6.15. The zero-order chi connectivity index (χ0) is 17.1. The van der Waals surface area contributed by atoms with Gasteiger partial charge in [-0.15, -0.1) is 0 Å².